The van der Waals surface area contributed by atoms with E-state index in [1.807, 2.05) is 55.5 Å². The van der Waals surface area contributed by atoms with Crippen LogP contribution in [0.25, 0.3) is 0 Å². The molecule has 1 N–H and O–H groups in total. The zero-order valence-corrected chi connectivity index (χ0v) is 22.3. The molecule has 1 unspecified atom stereocenters. The summed E-state index contributed by atoms with van der Waals surface area (Å²) in [4.78, 5) is 28.4. The van der Waals surface area contributed by atoms with Gasteiger partial charge in [-0.2, -0.15) is 0 Å². The van der Waals surface area contributed by atoms with Crippen LogP contribution in [0.3, 0.4) is 0 Å². The third kappa shape index (κ3) is 7.92. The zero-order valence-electron chi connectivity index (χ0n) is 20.7. The van der Waals surface area contributed by atoms with Crippen molar-refractivity contribution >= 4 is 27.7 Å². The van der Waals surface area contributed by atoms with Crippen LogP contribution in [0.1, 0.15) is 37.0 Å². The molecule has 3 rings (SSSR count). The van der Waals surface area contributed by atoms with Gasteiger partial charge >= 0.3 is 0 Å². The Morgan fingerprint density at radius 1 is 0.972 bits per heavy atom. The van der Waals surface area contributed by atoms with Crippen LogP contribution < -0.4 is 10.1 Å². The molecule has 0 radical (unpaired) electrons. The van der Waals surface area contributed by atoms with E-state index < -0.39 is 6.04 Å². The number of halogens is 2. The van der Waals surface area contributed by atoms with E-state index in [0.29, 0.717) is 18.7 Å². The molecule has 0 aliphatic rings. The van der Waals surface area contributed by atoms with Crippen molar-refractivity contribution in [2.45, 2.75) is 45.7 Å². The molecule has 1 atom stereocenters. The quantitative estimate of drug-likeness (QED) is 0.312. The van der Waals surface area contributed by atoms with Crippen molar-refractivity contribution in [3.8, 4) is 5.75 Å². The first-order valence-electron chi connectivity index (χ1n) is 12.2. The number of carbonyl (C=O) groups excluding carboxylic acids is 2. The molecule has 3 aromatic rings. The molecule has 0 spiro atoms. The molecule has 2 amide bonds. The molecule has 190 valence electrons. The smallest absolute Gasteiger partial charge is 0.261 e. The number of nitrogens with one attached hydrogen (secondary N) is 1. The lowest BCUT2D eigenvalue weighted by Crippen LogP contribution is -2.51. The Morgan fingerprint density at radius 3 is 2.31 bits per heavy atom. The predicted octanol–water partition coefficient (Wildman–Crippen LogP) is 5.70. The Kier molecular flexibility index (Phi) is 10.5. The minimum Gasteiger partial charge on any atom is -0.483 e. The van der Waals surface area contributed by atoms with Crippen LogP contribution in [0.15, 0.2) is 77.3 Å². The van der Waals surface area contributed by atoms with Crippen LogP contribution in [0.2, 0.25) is 0 Å². The molecule has 5 nitrogen and oxygen atoms in total. The molecule has 7 heteroatoms. The molecule has 0 aliphatic carbocycles. The maximum absolute atomic E-state index is 13.6. The molecule has 0 aromatic heterocycles. The summed E-state index contributed by atoms with van der Waals surface area (Å²) in [6.45, 7) is 4.46. The molecule has 0 saturated carbocycles. The summed E-state index contributed by atoms with van der Waals surface area (Å²) in [6, 6.07) is 20.5. The van der Waals surface area contributed by atoms with Gasteiger partial charge in [-0.1, -0.05) is 62.4 Å². The fourth-order valence-electron chi connectivity index (χ4n) is 3.81. The molecular formula is C29H32BrFN2O3. The van der Waals surface area contributed by atoms with Crippen molar-refractivity contribution in [1.29, 1.82) is 0 Å². The fourth-order valence-corrected chi connectivity index (χ4v) is 4.35. The van der Waals surface area contributed by atoms with Gasteiger partial charge < -0.3 is 15.0 Å². The van der Waals surface area contributed by atoms with Gasteiger partial charge in [0.2, 0.25) is 5.91 Å². The number of hydrogen-bond acceptors (Lipinski definition) is 3. The van der Waals surface area contributed by atoms with Crippen molar-refractivity contribution in [3.05, 3.63) is 99.8 Å². The number of rotatable bonds is 12. The van der Waals surface area contributed by atoms with Crippen LogP contribution in [0.5, 0.6) is 5.75 Å². The van der Waals surface area contributed by atoms with Crippen molar-refractivity contribution in [3.63, 3.8) is 0 Å². The molecule has 0 bridgehead atoms. The van der Waals surface area contributed by atoms with Gasteiger partial charge in [-0.05, 0) is 69.7 Å². The second-order valence-electron chi connectivity index (χ2n) is 8.55. The van der Waals surface area contributed by atoms with Gasteiger partial charge in [0.15, 0.2) is 6.61 Å². The van der Waals surface area contributed by atoms with Crippen molar-refractivity contribution in [2.24, 2.45) is 0 Å². The number of ether oxygens (including phenoxy) is 1. The van der Waals surface area contributed by atoms with E-state index in [2.05, 4.69) is 28.2 Å². The van der Waals surface area contributed by atoms with E-state index >= 15 is 0 Å². The number of hydrogen-bond donors (Lipinski definition) is 1. The predicted molar refractivity (Wildman–Crippen MR) is 143 cm³/mol. The van der Waals surface area contributed by atoms with Crippen LogP contribution in [0.4, 0.5) is 4.39 Å². The standard InChI is InChI=1S/C29H32BrFN2O3/c1-3-16-32-29(35)26(18-22-8-6-5-7-9-22)33(19-23-10-13-24(31)14-11-23)28(34)20-36-27-15-12-21(4-2)17-25(27)30/h5-15,17,26H,3-4,16,18-20H2,1-2H3,(H,32,35). The second kappa shape index (κ2) is 13.8. The lowest BCUT2D eigenvalue weighted by Gasteiger charge is -2.31. The summed E-state index contributed by atoms with van der Waals surface area (Å²) < 4.78 is 20.2. The number of carbonyl (C=O) groups is 2. The highest BCUT2D eigenvalue weighted by molar-refractivity contribution is 9.10. The lowest BCUT2D eigenvalue weighted by molar-refractivity contribution is -0.142. The largest absolute Gasteiger partial charge is 0.483 e. The molecule has 0 saturated heterocycles. The first-order valence-corrected chi connectivity index (χ1v) is 13.0. The van der Waals surface area contributed by atoms with E-state index in [4.69, 9.17) is 4.74 Å². The third-order valence-electron chi connectivity index (χ3n) is 5.84. The SMILES string of the molecule is CCCNC(=O)C(Cc1ccccc1)N(Cc1ccc(F)cc1)C(=O)COc1ccc(CC)cc1Br. The maximum Gasteiger partial charge on any atom is 0.261 e. The number of benzene rings is 3. The van der Waals surface area contributed by atoms with E-state index in [1.165, 1.54) is 17.0 Å². The summed E-state index contributed by atoms with van der Waals surface area (Å²) >= 11 is 3.51. The van der Waals surface area contributed by atoms with E-state index in [-0.39, 0.29) is 30.8 Å². The van der Waals surface area contributed by atoms with Crippen LogP contribution in [-0.4, -0.2) is 35.9 Å². The van der Waals surface area contributed by atoms with Gasteiger partial charge in [0, 0.05) is 19.5 Å². The zero-order chi connectivity index (χ0) is 25.9. The first-order chi connectivity index (χ1) is 17.4. The monoisotopic (exact) mass is 554 g/mol. The average molecular weight is 555 g/mol. The summed E-state index contributed by atoms with van der Waals surface area (Å²) in [6.07, 6.45) is 2.01. The van der Waals surface area contributed by atoms with Gasteiger partial charge in [0.05, 0.1) is 4.47 Å². The average Bonchev–Trinajstić information content (AvgIpc) is 2.90. The van der Waals surface area contributed by atoms with Crippen LogP contribution in [-0.2, 0) is 29.0 Å². The fraction of sp³-hybridized carbons (Fsp3) is 0.310. The van der Waals surface area contributed by atoms with Crippen molar-refractivity contribution < 1.29 is 18.7 Å². The van der Waals surface area contributed by atoms with Gasteiger partial charge in [0.25, 0.3) is 5.91 Å². The summed E-state index contributed by atoms with van der Waals surface area (Å²) in [7, 11) is 0. The highest BCUT2D eigenvalue weighted by atomic mass is 79.9. The van der Waals surface area contributed by atoms with Gasteiger partial charge in [0.1, 0.15) is 17.6 Å². The Balaban J connectivity index is 1.88. The van der Waals surface area contributed by atoms with E-state index in [0.717, 1.165) is 34.0 Å². The highest BCUT2D eigenvalue weighted by Gasteiger charge is 2.30. The van der Waals surface area contributed by atoms with E-state index in [1.54, 1.807) is 12.1 Å². The lowest BCUT2D eigenvalue weighted by atomic mass is 10.0. The Hall–Kier alpha value is -3.19. The number of aryl methyl sites for hydroxylation is 1. The molecule has 3 aromatic carbocycles. The minimum atomic E-state index is -0.758. The Bertz CT molecular complexity index is 1140. The number of amides is 2. The highest BCUT2D eigenvalue weighted by Crippen LogP contribution is 2.26. The Labute approximate surface area is 220 Å². The number of nitrogens with zero attached hydrogens (tertiary/aromatic N) is 1. The summed E-state index contributed by atoms with van der Waals surface area (Å²) in [5.74, 6) is -0.373. The van der Waals surface area contributed by atoms with E-state index in [9.17, 15) is 14.0 Å². The topological polar surface area (TPSA) is 58.6 Å². The molecule has 36 heavy (non-hydrogen) atoms. The maximum atomic E-state index is 13.6. The molecule has 0 aliphatic heterocycles. The molecular weight excluding hydrogens is 523 g/mol. The molecule has 0 heterocycles. The van der Waals surface area contributed by atoms with Crippen LogP contribution in [0, 0.1) is 5.82 Å². The second-order valence-corrected chi connectivity index (χ2v) is 9.41. The van der Waals surface area contributed by atoms with Gasteiger partial charge in [-0.25, -0.2) is 4.39 Å². The van der Waals surface area contributed by atoms with Crippen LogP contribution >= 0.6 is 15.9 Å². The Morgan fingerprint density at radius 2 is 1.67 bits per heavy atom. The third-order valence-corrected chi connectivity index (χ3v) is 6.46. The van der Waals surface area contributed by atoms with Crippen molar-refractivity contribution in [1.82, 2.24) is 10.2 Å². The molecule has 0 fully saturated rings. The summed E-state index contributed by atoms with van der Waals surface area (Å²) in [5.41, 5.74) is 2.80. The van der Waals surface area contributed by atoms with Gasteiger partial charge in [-0.15, -0.1) is 0 Å². The first kappa shape index (κ1) is 27.4. The summed E-state index contributed by atoms with van der Waals surface area (Å²) in [5, 5.41) is 2.94. The van der Waals surface area contributed by atoms with Gasteiger partial charge in [-0.3, -0.25) is 9.59 Å². The minimum absolute atomic E-state index is 0.148. The van der Waals surface area contributed by atoms with Crippen molar-refractivity contribution in [2.75, 3.05) is 13.2 Å². The normalized spacial score (nSPS) is 11.6.